The van der Waals surface area contributed by atoms with Gasteiger partial charge in [-0.2, -0.15) is 0 Å². The second kappa shape index (κ2) is 8.54. The number of para-hydroxylation sites is 1. The molecule has 3 unspecified atom stereocenters. The van der Waals surface area contributed by atoms with Gasteiger partial charge in [-0.15, -0.1) is 0 Å². The Kier molecular flexibility index (Phi) is 5.58. The molecule has 0 bridgehead atoms. The number of rotatable bonds is 3. The average Bonchev–Trinajstić information content (AvgIpc) is 2.81. The van der Waals surface area contributed by atoms with E-state index in [1.54, 1.807) is 12.1 Å². The second-order valence-corrected chi connectivity index (χ2v) is 8.76. The van der Waals surface area contributed by atoms with Gasteiger partial charge in [-0.25, -0.2) is 9.69 Å². The molecule has 3 N–H and O–H groups in total. The lowest BCUT2D eigenvalue weighted by Gasteiger charge is -2.48. The average molecular weight is 435 g/mol. The summed E-state index contributed by atoms with van der Waals surface area (Å²) in [6.45, 7) is 8.52. The minimum absolute atomic E-state index is 0.0756. The maximum atomic E-state index is 13.1. The summed E-state index contributed by atoms with van der Waals surface area (Å²) in [7, 11) is 0. The summed E-state index contributed by atoms with van der Waals surface area (Å²) in [5.74, 6) is -0.525. The van der Waals surface area contributed by atoms with E-state index in [4.69, 9.17) is 0 Å². The zero-order valence-electron chi connectivity index (χ0n) is 18.5. The van der Waals surface area contributed by atoms with Crippen molar-refractivity contribution in [2.45, 2.75) is 26.3 Å². The standard InChI is InChI=1S/C24H30N6O2/c1-16-7-6-10-20(17(16)2)28-11-13-29(14-12-28)23-25-15-19-21(26-23)27-24(32)30(22(19)31)18-8-4-3-5-9-18/h3-10,19,21,23,25-26H,11-15H2,1-2H3,(H,27,32). The van der Waals surface area contributed by atoms with Crippen molar-refractivity contribution in [3.8, 4) is 0 Å². The Morgan fingerprint density at radius 3 is 2.41 bits per heavy atom. The highest BCUT2D eigenvalue weighted by molar-refractivity contribution is 6.17. The number of hydrogen-bond donors (Lipinski definition) is 3. The molecule has 3 saturated heterocycles. The first kappa shape index (κ1) is 20.9. The van der Waals surface area contributed by atoms with Crippen molar-refractivity contribution in [1.29, 1.82) is 0 Å². The third kappa shape index (κ3) is 3.74. The van der Waals surface area contributed by atoms with Crippen LogP contribution >= 0.6 is 0 Å². The predicted octanol–water partition coefficient (Wildman–Crippen LogP) is 1.60. The first-order valence-corrected chi connectivity index (χ1v) is 11.3. The lowest BCUT2D eigenvalue weighted by atomic mass is 9.99. The molecule has 0 radical (unpaired) electrons. The van der Waals surface area contributed by atoms with Gasteiger partial charge in [0, 0.05) is 38.4 Å². The molecule has 3 amide bonds. The van der Waals surface area contributed by atoms with Crippen LogP contribution in [0.25, 0.3) is 0 Å². The highest BCUT2D eigenvalue weighted by Gasteiger charge is 2.45. The smallest absolute Gasteiger partial charge is 0.330 e. The highest BCUT2D eigenvalue weighted by Crippen LogP contribution is 2.26. The van der Waals surface area contributed by atoms with Crippen LogP contribution in [0.3, 0.4) is 0 Å². The molecule has 0 spiro atoms. The summed E-state index contributed by atoms with van der Waals surface area (Å²) in [5, 5.41) is 9.92. The summed E-state index contributed by atoms with van der Waals surface area (Å²) in [6, 6.07) is 15.2. The van der Waals surface area contributed by atoms with Crippen LogP contribution in [-0.2, 0) is 4.79 Å². The van der Waals surface area contributed by atoms with Crippen molar-refractivity contribution in [2.75, 3.05) is 42.5 Å². The van der Waals surface area contributed by atoms with Crippen LogP contribution in [0, 0.1) is 19.8 Å². The number of benzene rings is 2. The minimum Gasteiger partial charge on any atom is -0.369 e. The Morgan fingerprint density at radius 1 is 0.906 bits per heavy atom. The SMILES string of the molecule is Cc1cccc(N2CCN(C3NCC4C(=O)N(c5ccccc5)C(=O)NC4N3)CC2)c1C. The van der Waals surface area contributed by atoms with Crippen LogP contribution in [0.4, 0.5) is 16.2 Å². The maximum absolute atomic E-state index is 13.1. The number of aryl methyl sites for hydroxylation is 1. The number of amides is 3. The van der Waals surface area contributed by atoms with E-state index in [1.807, 2.05) is 18.2 Å². The van der Waals surface area contributed by atoms with Gasteiger partial charge in [0.2, 0.25) is 5.91 Å². The van der Waals surface area contributed by atoms with Gasteiger partial charge >= 0.3 is 6.03 Å². The molecule has 0 saturated carbocycles. The minimum atomic E-state index is -0.379. The summed E-state index contributed by atoms with van der Waals surface area (Å²) >= 11 is 0. The number of piperazine rings is 1. The predicted molar refractivity (Wildman–Crippen MR) is 124 cm³/mol. The number of carbonyl (C=O) groups excluding carboxylic acids is 2. The first-order chi connectivity index (χ1) is 15.5. The molecular weight excluding hydrogens is 404 g/mol. The Morgan fingerprint density at radius 2 is 1.66 bits per heavy atom. The van der Waals surface area contributed by atoms with Crippen LogP contribution in [0.15, 0.2) is 48.5 Å². The Balaban J connectivity index is 1.22. The fourth-order valence-electron chi connectivity index (χ4n) is 4.89. The molecule has 0 aromatic heterocycles. The van der Waals surface area contributed by atoms with E-state index in [2.05, 4.69) is 57.8 Å². The molecular formula is C24H30N6O2. The van der Waals surface area contributed by atoms with Crippen LogP contribution in [0.5, 0.6) is 0 Å². The van der Waals surface area contributed by atoms with Crippen LogP contribution < -0.4 is 25.8 Å². The molecule has 32 heavy (non-hydrogen) atoms. The van der Waals surface area contributed by atoms with Crippen molar-refractivity contribution in [1.82, 2.24) is 20.9 Å². The molecule has 2 aromatic rings. The number of anilines is 2. The van der Waals surface area contributed by atoms with Crippen molar-refractivity contribution in [2.24, 2.45) is 5.92 Å². The lowest BCUT2D eigenvalue weighted by Crippen LogP contribution is -2.76. The lowest BCUT2D eigenvalue weighted by molar-refractivity contribution is -0.125. The van der Waals surface area contributed by atoms with Gasteiger partial charge in [-0.1, -0.05) is 30.3 Å². The topological polar surface area (TPSA) is 80.0 Å². The summed E-state index contributed by atoms with van der Waals surface area (Å²) in [6.07, 6.45) is -0.452. The molecule has 3 aliphatic rings. The Bertz CT molecular complexity index is 1000. The van der Waals surface area contributed by atoms with Gasteiger partial charge in [0.05, 0.1) is 17.8 Å². The van der Waals surface area contributed by atoms with Crippen LogP contribution in [0.2, 0.25) is 0 Å². The van der Waals surface area contributed by atoms with E-state index in [9.17, 15) is 9.59 Å². The molecule has 5 rings (SSSR count). The first-order valence-electron chi connectivity index (χ1n) is 11.3. The summed E-state index contributed by atoms with van der Waals surface area (Å²) in [5.41, 5.74) is 4.55. The Hall–Kier alpha value is -2.94. The van der Waals surface area contributed by atoms with E-state index in [0.717, 1.165) is 26.2 Å². The molecule has 168 valence electrons. The van der Waals surface area contributed by atoms with Crippen LogP contribution in [0.1, 0.15) is 11.1 Å². The van der Waals surface area contributed by atoms with Crippen molar-refractivity contribution in [3.05, 3.63) is 59.7 Å². The van der Waals surface area contributed by atoms with E-state index in [0.29, 0.717) is 12.2 Å². The molecule has 0 aliphatic carbocycles. The van der Waals surface area contributed by atoms with Gasteiger partial charge in [0.25, 0.3) is 0 Å². The number of carbonyl (C=O) groups is 2. The number of hydrogen-bond acceptors (Lipinski definition) is 6. The van der Waals surface area contributed by atoms with E-state index >= 15 is 0 Å². The normalized spacial score (nSPS) is 26.6. The third-order valence-electron chi connectivity index (χ3n) is 6.90. The van der Waals surface area contributed by atoms with E-state index < -0.39 is 0 Å². The molecule has 3 heterocycles. The number of nitrogens with zero attached hydrogens (tertiary/aromatic N) is 3. The fraction of sp³-hybridized carbons (Fsp3) is 0.417. The fourth-order valence-corrected chi connectivity index (χ4v) is 4.89. The number of fused-ring (bicyclic) bond motifs is 1. The largest absolute Gasteiger partial charge is 0.369 e. The van der Waals surface area contributed by atoms with Gasteiger partial charge < -0.3 is 10.2 Å². The van der Waals surface area contributed by atoms with Gasteiger partial charge in [-0.3, -0.25) is 20.3 Å². The maximum Gasteiger partial charge on any atom is 0.330 e. The summed E-state index contributed by atoms with van der Waals surface area (Å²) < 4.78 is 0. The zero-order valence-corrected chi connectivity index (χ0v) is 18.5. The molecule has 3 aliphatic heterocycles. The van der Waals surface area contributed by atoms with Crippen molar-refractivity contribution in [3.63, 3.8) is 0 Å². The highest BCUT2D eigenvalue weighted by atomic mass is 16.2. The number of nitrogens with one attached hydrogen (secondary N) is 3. The third-order valence-corrected chi connectivity index (χ3v) is 6.90. The van der Waals surface area contributed by atoms with Crippen molar-refractivity contribution < 1.29 is 9.59 Å². The Labute approximate surface area is 188 Å². The van der Waals surface area contributed by atoms with Crippen molar-refractivity contribution >= 4 is 23.3 Å². The summed E-state index contributed by atoms with van der Waals surface area (Å²) in [4.78, 5) is 31.8. The van der Waals surface area contributed by atoms with E-state index in [-0.39, 0.29) is 30.3 Å². The molecule has 3 atom stereocenters. The van der Waals surface area contributed by atoms with E-state index in [1.165, 1.54) is 21.7 Å². The van der Waals surface area contributed by atoms with Crippen LogP contribution in [-0.4, -0.2) is 62.0 Å². The van der Waals surface area contributed by atoms with Gasteiger partial charge in [0.1, 0.15) is 6.29 Å². The quantitative estimate of drug-likeness (QED) is 0.681. The molecule has 2 aromatic carbocycles. The van der Waals surface area contributed by atoms with Gasteiger partial charge in [-0.05, 0) is 43.2 Å². The number of imide groups is 1. The number of urea groups is 1. The second-order valence-electron chi connectivity index (χ2n) is 8.76. The monoisotopic (exact) mass is 434 g/mol. The zero-order chi connectivity index (χ0) is 22.2. The molecule has 3 fully saturated rings. The molecule has 8 heteroatoms. The molecule has 8 nitrogen and oxygen atoms in total. The van der Waals surface area contributed by atoms with Gasteiger partial charge in [0.15, 0.2) is 0 Å².